The van der Waals surface area contributed by atoms with E-state index in [1.54, 1.807) is 29.6 Å². The number of aromatic nitrogens is 2. The predicted octanol–water partition coefficient (Wildman–Crippen LogP) is 3.23. The highest BCUT2D eigenvalue weighted by molar-refractivity contribution is 7.89. The van der Waals surface area contributed by atoms with Gasteiger partial charge in [-0.05, 0) is 17.7 Å². The zero-order valence-corrected chi connectivity index (χ0v) is 14.6. The second-order valence-corrected chi connectivity index (χ2v) is 8.05. The number of anilines is 1. The minimum absolute atomic E-state index is 0.235. The molecule has 1 amide bonds. The van der Waals surface area contributed by atoms with Crippen molar-refractivity contribution in [3.8, 4) is 0 Å². The SMILES string of the molecule is O=C(Nc1ccn(S(=O)(=O)Cc2ccccc2Cl)c1)c1nccs1. The van der Waals surface area contributed by atoms with Gasteiger partial charge in [0.25, 0.3) is 5.91 Å². The first-order valence-electron chi connectivity index (χ1n) is 6.81. The lowest BCUT2D eigenvalue weighted by Gasteiger charge is -2.07. The molecule has 0 aliphatic rings. The summed E-state index contributed by atoms with van der Waals surface area (Å²) >= 11 is 7.22. The van der Waals surface area contributed by atoms with E-state index in [4.69, 9.17) is 11.6 Å². The van der Waals surface area contributed by atoms with E-state index in [0.717, 1.165) is 3.97 Å². The van der Waals surface area contributed by atoms with Gasteiger partial charge in [0, 0.05) is 29.0 Å². The first-order chi connectivity index (χ1) is 11.5. The molecule has 124 valence electrons. The van der Waals surface area contributed by atoms with Crippen molar-refractivity contribution in [3.63, 3.8) is 0 Å². The predicted molar refractivity (Wildman–Crippen MR) is 94.0 cm³/mol. The fourth-order valence-electron chi connectivity index (χ4n) is 2.03. The molecule has 0 bridgehead atoms. The maximum atomic E-state index is 12.5. The van der Waals surface area contributed by atoms with Gasteiger partial charge in [-0.15, -0.1) is 11.3 Å². The molecular formula is C15H12ClN3O3S2. The van der Waals surface area contributed by atoms with Crippen LogP contribution >= 0.6 is 22.9 Å². The standard InChI is InChI=1S/C15H12ClN3O3S2/c16-13-4-2-1-3-11(13)10-24(21,22)19-7-5-12(9-19)18-14(20)15-17-6-8-23-15/h1-9H,10H2,(H,18,20). The number of nitrogens with zero attached hydrogens (tertiary/aromatic N) is 2. The van der Waals surface area contributed by atoms with Crippen LogP contribution in [0, 0.1) is 0 Å². The van der Waals surface area contributed by atoms with Crippen LogP contribution in [0.2, 0.25) is 5.02 Å². The van der Waals surface area contributed by atoms with Gasteiger partial charge < -0.3 is 5.32 Å². The van der Waals surface area contributed by atoms with Crippen molar-refractivity contribution in [3.05, 3.63) is 69.9 Å². The van der Waals surface area contributed by atoms with E-state index in [9.17, 15) is 13.2 Å². The van der Waals surface area contributed by atoms with E-state index in [-0.39, 0.29) is 11.7 Å². The molecule has 24 heavy (non-hydrogen) atoms. The Morgan fingerprint density at radius 2 is 2.08 bits per heavy atom. The van der Waals surface area contributed by atoms with E-state index in [2.05, 4.69) is 10.3 Å². The number of carbonyl (C=O) groups excluding carboxylic acids is 1. The largest absolute Gasteiger partial charge is 0.319 e. The number of rotatable bonds is 5. The Bertz CT molecular complexity index is 966. The summed E-state index contributed by atoms with van der Waals surface area (Å²) in [7, 11) is -3.64. The van der Waals surface area contributed by atoms with Crippen LogP contribution in [0.1, 0.15) is 15.4 Å². The van der Waals surface area contributed by atoms with Gasteiger partial charge in [-0.2, -0.15) is 0 Å². The normalized spacial score (nSPS) is 11.4. The van der Waals surface area contributed by atoms with Crippen LogP contribution in [0.25, 0.3) is 0 Å². The number of amides is 1. The number of nitrogens with one attached hydrogen (secondary N) is 1. The first-order valence-corrected chi connectivity index (χ1v) is 9.68. The fourth-order valence-corrected chi connectivity index (χ4v) is 4.16. The Morgan fingerprint density at radius 1 is 1.29 bits per heavy atom. The van der Waals surface area contributed by atoms with Crippen LogP contribution in [0.5, 0.6) is 0 Å². The van der Waals surface area contributed by atoms with E-state index in [0.29, 0.717) is 21.3 Å². The Hall–Kier alpha value is -2.16. The maximum Gasteiger partial charge on any atom is 0.284 e. The van der Waals surface area contributed by atoms with Gasteiger partial charge in [-0.3, -0.25) is 8.77 Å². The minimum Gasteiger partial charge on any atom is -0.319 e. The average molecular weight is 382 g/mol. The zero-order valence-electron chi connectivity index (χ0n) is 12.2. The molecule has 2 aromatic heterocycles. The molecule has 1 aromatic carbocycles. The minimum atomic E-state index is -3.64. The molecule has 6 nitrogen and oxygen atoms in total. The number of benzene rings is 1. The summed E-state index contributed by atoms with van der Waals surface area (Å²) in [4.78, 5) is 15.8. The highest BCUT2D eigenvalue weighted by atomic mass is 35.5. The molecule has 0 aliphatic heterocycles. The van der Waals surface area contributed by atoms with Crippen molar-refractivity contribution in [2.24, 2.45) is 0 Å². The molecule has 2 heterocycles. The van der Waals surface area contributed by atoms with E-state index in [1.807, 2.05) is 0 Å². The topological polar surface area (TPSA) is 81.1 Å². The highest BCUT2D eigenvalue weighted by Crippen LogP contribution is 2.20. The van der Waals surface area contributed by atoms with Crippen LogP contribution in [0.4, 0.5) is 5.69 Å². The monoisotopic (exact) mass is 381 g/mol. The molecule has 3 rings (SSSR count). The van der Waals surface area contributed by atoms with Gasteiger partial charge in [0.1, 0.15) is 0 Å². The summed E-state index contributed by atoms with van der Waals surface area (Å²) in [5.41, 5.74) is 0.888. The summed E-state index contributed by atoms with van der Waals surface area (Å²) in [6.07, 6.45) is 4.25. The van der Waals surface area contributed by atoms with Crippen molar-refractivity contribution in [2.75, 3.05) is 5.32 Å². The van der Waals surface area contributed by atoms with Crippen LogP contribution in [0.3, 0.4) is 0 Å². The Labute approximate surface area is 147 Å². The molecule has 3 aromatic rings. The van der Waals surface area contributed by atoms with E-state index < -0.39 is 10.0 Å². The molecule has 0 aliphatic carbocycles. The third-order valence-corrected chi connectivity index (χ3v) is 5.85. The second kappa shape index (κ2) is 6.76. The van der Waals surface area contributed by atoms with Crippen molar-refractivity contribution < 1.29 is 13.2 Å². The summed E-state index contributed by atoms with van der Waals surface area (Å²) in [6.45, 7) is 0. The highest BCUT2D eigenvalue weighted by Gasteiger charge is 2.17. The van der Waals surface area contributed by atoms with Gasteiger partial charge in [-0.1, -0.05) is 29.8 Å². The zero-order chi connectivity index (χ0) is 17.2. The third kappa shape index (κ3) is 3.66. The Kier molecular flexibility index (Phi) is 4.70. The third-order valence-electron chi connectivity index (χ3n) is 3.17. The number of thiazole rings is 1. The van der Waals surface area contributed by atoms with Crippen molar-refractivity contribution >= 4 is 44.6 Å². The molecule has 0 unspecified atom stereocenters. The van der Waals surface area contributed by atoms with Crippen molar-refractivity contribution in [1.82, 2.24) is 8.96 Å². The summed E-state index contributed by atoms with van der Waals surface area (Å²) < 4.78 is 26.0. The molecule has 0 saturated carbocycles. The lowest BCUT2D eigenvalue weighted by atomic mass is 10.2. The van der Waals surface area contributed by atoms with Gasteiger partial charge in [0.05, 0.1) is 11.4 Å². The number of hydrogen-bond acceptors (Lipinski definition) is 5. The molecule has 0 fully saturated rings. The second-order valence-electron chi connectivity index (χ2n) is 4.87. The Balaban J connectivity index is 1.77. The lowest BCUT2D eigenvalue weighted by Crippen LogP contribution is -2.14. The summed E-state index contributed by atoms with van der Waals surface area (Å²) in [6, 6.07) is 8.28. The smallest absolute Gasteiger partial charge is 0.284 e. The van der Waals surface area contributed by atoms with Crippen molar-refractivity contribution in [1.29, 1.82) is 0 Å². The number of carbonyl (C=O) groups is 1. The summed E-state index contributed by atoms with van der Waals surface area (Å²) in [5.74, 6) is -0.618. The van der Waals surface area contributed by atoms with Crippen LogP contribution in [-0.2, 0) is 15.8 Å². The van der Waals surface area contributed by atoms with Crippen molar-refractivity contribution in [2.45, 2.75) is 5.75 Å². The quantitative estimate of drug-likeness (QED) is 0.735. The van der Waals surface area contributed by atoms with E-state index >= 15 is 0 Å². The molecule has 0 atom stereocenters. The van der Waals surface area contributed by atoms with E-state index in [1.165, 1.54) is 36.0 Å². The molecule has 1 N–H and O–H groups in total. The first kappa shape index (κ1) is 16.7. The van der Waals surface area contributed by atoms with Crippen LogP contribution in [0.15, 0.2) is 54.3 Å². The maximum absolute atomic E-state index is 12.5. The Morgan fingerprint density at radius 3 is 2.79 bits per heavy atom. The van der Waals surface area contributed by atoms with Gasteiger partial charge >= 0.3 is 0 Å². The molecule has 9 heteroatoms. The average Bonchev–Trinajstić information content (AvgIpc) is 3.20. The molecular weight excluding hydrogens is 370 g/mol. The van der Waals surface area contributed by atoms with Crippen LogP contribution in [-0.4, -0.2) is 23.3 Å². The van der Waals surface area contributed by atoms with Gasteiger partial charge in [0.2, 0.25) is 10.0 Å². The molecule has 0 radical (unpaired) electrons. The number of halogens is 1. The number of hydrogen-bond donors (Lipinski definition) is 1. The summed E-state index contributed by atoms with van der Waals surface area (Å²) in [5, 5.41) is 5.00. The van der Waals surface area contributed by atoms with Gasteiger partial charge in [-0.25, -0.2) is 13.4 Å². The van der Waals surface area contributed by atoms with Crippen LogP contribution < -0.4 is 5.32 Å². The molecule has 0 spiro atoms. The molecule has 0 saturated heterocycles. The van der Waals surface area contributed by atoms with Gasteiger partial charge in [0.15, 0.2) is 5.01 Å². The lowest BCUT2D eigenvalue weighted by molar-refractivity contribution is 0.102. The fraction of sp³-hybridized carbons (Fsp3) is 0.0667.